The molecule has 0 amide bonds. The predicted molar refractivity (Wildman–Crippen MR) is 67.4 cm³/mol. The zero-order chi connectivity index (χ0) is 12.3. The molecule has 5 nitrogen and oxygen atoms in total. The Morgan fingerprint density at radius 1 is 1.12 bits per heavy atom. The Hall–Kier alpha value is -0.200. The van der Waals surface area contributed by atoms with E-state index in [1.807, 2.05) is 0 Å². The van der Waals surface area contributed by atoms with Gasteiger partial charge in [0.25, 0.3) is 0 Å². The van der Waals surface area contributed by atoms with E-state index in [0.717, 1.165) is 26.2 Å². The van der Waals surface area contributed by atoms with Gasteiger partial charge in [0.05, 0.1) is 33.0 Å². The first kappa shape index (κ1) is 14.9. The number of methoxy groups -OCH3 is 1. The maximum absolute atomic E-state index is 5.52. The van der Waals surface area contributed by atoms with Crippen LogP contribution in [0.1, 0.15) is 6.42 Å². The third-order valence-corrected chi connectivity index (χ3v) is 3.05. The summed E-state index contributed by atoms with van der Waals surface area (Å²) in [5, 5.41) is 3.37. The molecule has 1 unspecified atom stereocenters. The van der Waals surface area contributed by atoms with Gasteiger partial charge in [-0.2, -0.15) is 0 Å². The Labute approximate surface area is 104 Å². The summed E-state index contributed by atoms with van der Waals surface area (Å²) < 4.78 is 15.7. The quantitative estimate of drug-likeness (QED) is 0.548. The molecule has 0 radical (unpaired) electrons. The average molecular weight is 246 g/mol. The van der Waals surface area contributed by atoms with Crippen LogP contribution < -0.4 is 5.32 Å². The molecule has 0 bridgehead atoms. The molecule has 1 atom stereocenters. The van der Waals surface area contributed by atoms with Crippen LogP contribution in [0.4, 0.5) is 0 Å². The molecule has 1 aliphatic rings. The summed E-state index contributed by atoms with van der Waals surface area (Å²) in [4.78, 5) is 2.37. The lowest BCUT2D eigenvalue weighted by Crippen LogP contribution is -2.35. The molecule has 0 spiro atoms. The molecule has 0 aromatic carbocycles. The van der Waals surface area contributed by atoms with Crippen molar-refractivity contribution in [2.45, 2.75) is 12.5 Å². The zero-order valence-electron chi connectivity index (χ0n) is 11.1. The van der Waals surface area contributed by atoms with Crippen molar-refractivity contribution in [2.75, 3.05) is 66.8 Å². The third-order valence-electron chi connectivity index (χ3n) is 3.05. The molecule has 1 aliphatic heterocycles. The first-order valence-corrected chi connectivity index (χ1v) is 6.40. The van der Waals surface area contributed by atoms with Gasteiger partial charge in [-0.25, -0.2) is 0 Å². The SMILES string of the molecule is COCCOCCOCCN(C)C1CCNC1. The molecule has 1 N–H and O–H groups in total. The van der Waals surface area contributed by atoms with Crippen molar-refractivity contribution < 1.29 is 14.2 Å². The summed E-state index contributed by atoms with van der Waals surface area (Å²) in [6.07, 6.45) is 1.25. The molecule has 0 aromatic heterocycles. The average Bonchev–Trinajstić information content (AvgIpc) is 2.86. The van der Waals surface area contributed by atoms with Crippen molar-refractivity contribution in [3.8, 4) is 0 Å². The fourth-order valence-electron chi connectivity index (χ4n) is 1.87. The standard InChI is InChI=1S/C12H26N2O3/c1-14(12-3-4-13-11-12)5-6-16-9-10-17-8-7-15-2/h12-13H,3-11H2,1-2H3. The van der Waals surface area contributed by atoms with E-state index < -0.39 is 0 Å². The molecule has 1 saturated heterocycles. The second-order valence-corrected chi connectivity index (χ2v) is 4.34. The van der Waals surface area contributed by atoms with Gasteiger partial charge in [0.15, 0.2) is 0 Å². The van der Waals surface area contributed by atoms with Crippen molar-refractivity contribution in [3.05, 3.63) is 0 Å². The Morgan fingerprint density at radius 2 is 1.82 bits per heavy atom. The molecule has 1 rings (SSSR count). The second kappa shape index (κ2) is 9.79. The number of hydrogen-bond donors (Lipinski definition) is 1. The van der Waals surface area contributed by atoms with E-state index in [2.05, 4.69) is 17.3 Å². The topological polar surface area (TPSA) is 43.0 Å². The Balaban J connectivity index is 1.83. The van der Waals surface area contributed by atoms with Crippen LogP contribution in [0.5, 0.6) is 0 Å². The van der Waals surface area contributed by atoms with E-state index >= 15 is 0 Å². The number of likely N-dealkylation sites (N-methyl/N-ethyl adjacent to an activating group) is 1. The van der Waals surface area contributed by atoms with E-state index in [4.69, 9.17) is 14.2 Å². The van der Waals surface area contributed by atoms with Crippen molar-refractivity contribution in [3.63, 3.8) is 0 Å². The molecule has 102 valence electrons. The van der Waals surface area contributed by atoms with E-state index in [0.29, 0.717) is 32.5 Å². The Bertz CT molecular complexity index is 175. The first-order valence-electron chi connectivity index (χ1n) is 6.40. The van der Waals surface area contributed by atoms with Crippen molar-refractivity contribution >= 4 is 0 Å². The summed E-state index contributed by atoms with van der Waals surface area (Å²) in [7, 11) is 3.84. The largest absolute Gasteiger partial charge is 0.382 e. The molecule has 0 aromatic rings. The van der Waals surface area contributed by atoms with Crippen LogP contribution >= 0.6 is 0 Å². The highest BCUT2D eigenvalue weighted by atomic mass is 16.5. The van der Waals surface area contributed by atoms with Crippen molar-refractivity contribution in [2.24, 2.45) is 0 Å². The zero-order valence-corrected chi connectivity index (χ0v) is 11.1. The van der Waals surface area contributed by atoms with Gasteiger partial charge in [0, 0.05) is 26.2 Å². The number of ether oxygens (including phenoxy) is 3. The first-order chi connectivity index (χ1) is 8.34. The molecule has 0 aliphatic carbocycles. The van der Waals surface area contributed by atoms with Gasteiger partial charge in [-0.1, -0.05) is 0 Å². The van der Waals surface area contributed by atoms with Gasteiger partial charge in [-0.15, -0.1) is 0 Å². The van der Waals surface area contributed by atoms with Crippen molar-refractivity contribution in [1.29, 1.82) is 0 Å². The fraction of sp³-hybridized carbons (Fsp3) is 1.00. The lowest BCUT2D eigenvalue weighted by atomic mass is 10.2. The maximum atomic E-state index is 5.52. The number of hydrogen-bond acceptors (Lipinski definition) is 5. The number of nitrogens with zero attached hydrogens (tertiary/aromatic N) is 1. The van der Waals surface area contributed by atoms with E-state index in [9.17, 15) is 0 Å². The van der Waals surface area contributed by atoms with Crippen molar-refractivity contribution in [1.82, 2.24) is 10.2 Å². The predicted octanol–water partition coefficient (Wildman–Crippen LogP) is -0.0403. The van der Waals surface area contributed by atoms with E-state index in [1.165, 1.54) is 6.42 Å². The Morgan fingerprint density at radius 3 is 2.47 bits per heavy atom. The third kappa shape index (κ3) is 6.95. The van der Waals surface area contributed by atoms with Gasteiger partial charge in [0.2, 0.25) is 0 Å². The minimum absolute atomic E-state index is 0.646. The van der Waals surface area contributed by atoms with Crippen LogP contribution in [0.2, 0.25) is 0 Å². The summed E-state index contributed by atoms with van der Waals surface area (Å²) in [5.74, 6) is 0. The highest BCUT2D eigenvalue weighted by Crippen LogP contribution is 2.04. The maximum Gasteiger partial charge on any atom is 0.0701 e. The van der Waals surface area contributed by atoms with Crippen LogP contribution in [-0.2, 0) is 14.2 Å². The van der Waals surface area contributed by atoms with Crippen LogP contribution in [0.3, 0.4) is 0 Å². The second-order valence-electron chi connectivity index (χ2n) is 4.34. The van der Waals surface area contributed by atoms with E-state index in [-0.39, 0.29) is 0 Å². The summed E-state index contributed by atoms with van der Waals surface area (Å²) in [6, 6.07) is 0.677. The van der Waals surface area contributed by atoms with Crippen LogP contribution in [0.25, 0.3) is 0 Å². The fourth-order valence-corrected chi connectivity index (χ4v) is 1.87. The summed E-state index contributed by atoms with van der Waals surface area (Å²) in [5.41, 5.74) is 0. The summed E-state index contributed by atoms with van der Waals surface area (Å²) >= 11 is 0. The van der Waals surface area contributed by atoms with Crippen LogP contribution in [0, 0.1) is 0 Å². The van der Waals surface area contributed by atoms with Gasteiger partial charge in [-0.3, -0.25) is 4.90 Å². The normalized spacial score (nSPS) is 20.3. The number of nitrogens with one attached hydrogen (secondary N) is 1. The monoisotopic (exact) mass is 246 g/mol. The van der Waals surface area contributed by atoms with Gasteiger partial charge < -0.3 is 19.5 Å². The minimum Gasteiger partial charge on any atom is -0.382 e. The van der Waals surface area contributed by atoms with Gasteiger partial charge >= 0.3 is 0 Å². The molecule has 5 heteroatoms. The minimum atomic E-state index is 0.646. The van der Waals surface area contributed by atoms with Gasteiger partial charge in [0.1, 0.15) is 0 Å². The van der Waals surface area contributed by atoms with E-state index in [1.54, 1.807) is 7.11 Å². The highest BCUT2D eigenvalue weighted by Gasteiger charge is 2.18. The van der Waals surface area contributed by atoms with Crippen LogP contribution in [-0.4, -0.2) is 77.8 Å². The van der Waals surface area contributed by atoms with Gasteiger partial charge in [-0.05, 0) is 20.0 Å². The molecule has 1 heterocycles. The smallest absolute Gasteiger partial charge is 0.0701 e. The number of rotatable bonds is 10. The molecule has 17 heavy (non-hydrogen) atoms. The lowest BCUT2D eigenvalue weighted by molar-refractivity contribution is 0.0191. The molecule has 0 saturated carbocycles. The summed E-state index contributed by atoms with van der Waals surface area (Å²) in [6.45, 7) is 6.63. The molecule has 1 fully saturated rings. The lowest BCUT2D eigenvalue weighted by Gasteiger charge is -2.23. The molecular formula is C12H26N2O3. The Kier molecular flexibility index (Phi) is 8.56. The highest BCUT2D eigenvalue weighted by molar-refractivity contribution is 4.78. The molecular weight excluding hydrogens is 220 g/mol. The van der Waals surface area contributed by atoms with Crippen LogP contribution in [0.15, 0.2) is 0 Å².